The minimum Gasteiger partial charge on any atom is -0.477 e. The Hall–Kier alpha value is -2.83. The normalized spacial score (nSPS) is 13.7. The number of ether oxygens (including phenoxy) is 2. The van der Waals surface area contributed by atoms with Gasteiger partial charge in [0, 0.05) is 34.6 Å². The summed E-state index contributed by atoms with van der Waals surface area (Å²) < 4.78 is 16.3. The molecule has 0 radical (unpaired) electrons. The van der Waals surface area contributed by atoms with Crippen molar-refractivity contribution in [3.05, 3.63) is 73.6 Å². The highest BCUT2D eigenvalue weighted by Gasteiger charge is 2.24. The summed E-state index contributed by atoms with van der Waals surface area (Å²) >= 11 is 6.10. The van der Waals surface area contributed by atoms with Crippen LogP contribution in [0.25, 0.3) is 11.0 Å². The van der Waals surface area contributed by atoms with Crippen LogP contribution in [-0.2, 0) is 29.0 Å². The van der Waals surface area contributed by atoms with E-state index in [1.54, 1.807) is 0 Å². The van der Waals surface area contributed by atoms with Crippen molar-refractivity contribution < 1.29 is 18.7 Å². The van der Waals surface area contributed by atoms with Gasteiger partial charge in [-0.2, -0.15) is 0 Å². The van der Waals surface area contributed by atoms with Crippen LogP contribution in [0.4, 0.5) is 0 Å². The van der Waals surface area contributed by atoms with Gasteiger partial charge in [0.05, 0.1) is 19.1 Å². The third kappa shape index (κ3) is 3.80. The van der Waals surface area contributed by atoms with E-state index in [-0.39, 0.29) is 6.42 Å². The molecular formula is C23H22ClNO5. The monoisotopic (exact) mass is 427 g/mol. The van der Waals surface area contributed by atoms with Crippen LogP contribution < -0.4 is 10.4 Å². The third-order valence-electron chi connectivity index (χ3n) is 5.46. The summed E-state index contributed by atoms with van der Waals surface area (Å²) in [7, 11) is 1.30. The number of rotatable bonds is 4. The number of nitrogens with zero attached hydrogens (tertiary/aromatic N) is 1. The van der Waals surface area contributed by atoms with Crippen LogP contribution in [0.15, 0.2) is 39.5 Å². The van der Waals surface area contributed by atoms with Gasteiger partial charge in [0.2, 0.25) is 0 Å². The van der Waals surface area contributed by atoms with Gasteiger partial charge < -0.3 is 13.9 Å². The molecule has 0 bridgehead atoms. The number of benzene rings is 2. The van der Waals surface area contributed by atoms with E-state index in [9.17, 15) is 9.59 Å². The number of carbonyl (C=O) groups excluding carboxylic acids is 1. The molecule has 0 saturated carbocycles. The average Bonchev–Trinajstić information content (AvgIpc) is 2.72. The SMILES string of the molecule is COC(=O)Cc1c(C)c2cc3c(c(C)c2oc1=O)OCN(Cc1cccc(Cl)c1)C3. The van der Waals surface area contributed by atoms with Crippen molar-refractivity contribution in [2.24, 2.45) is 0 Å². The first-order valence-electron chi connectivity index (χ1n) is 9.62. The minimum atomic E-state index is -0.521. The quantitative estimate of drug-likeness (QED) is 0.460. The lowest BCUT2D eigenvalue weighted by Gasteiger charge is -2.30. The molecule has 0 fully saturated rings. The van der Waals surface area contributed by atoms with Gasteiger partial charge in [-0.05, 0) is 43.2 Å². The molecule has 1 aromatic heterocycles. The Balaban J connectivity index is 1.72. The lowest BCUT2D eigenvalue weighted by Crippen LogP contribution is -2.32. The van der Waals surface area contributed by atoms with Gasteiger partial charge >= 0.3 is 11.6 Å². The van der Waals surface area contributed by atoms with Crippen molar-refractivity contribution in [2.45, 2.75) is 33.4 Å². The highest BCUT2D eigenvalue weighted by atomic mass is 35.5. The second kappa shape index (κ2) is 8.13. The lowest BCUT2D eigenvalue weighted by atomic mass is 9.97. The molecule has 30 heavy (non-hydrogen) atoms. The number of carbonyl (C=O) groups is 1. The van der Waals surface area contributed by atoms with E-state index in [1.807, 2.05) is 44.2 Å². The minimum absolute atomic E-state index is 0.117. The zero-order valence-corrected chi connectivity index (χ0v) is 17.8. The molecule has 0 unspecified atom stereocenters. The van der Waals surface area contributed by atoms with E-state index in [0.717, 1.165) is 33.4 Å². The Morgan fingerprint density at radius 1 is 1.23 bits per heavy atom. The van der Waals surface area contributed by atoms with Gasteiger partial charge in [0.15, 0.2) is 0 Å². The molecule has 0 spiro atoms. The average molecular weight is 428 g/mol. The van der Waals surface area contributed by atoms with Gasteiger partial charge in [-0.25, -0.2) is 4.79 Å². The molecule has 2 aromatic carbocycles. The Kier molecular flexibility index (Phi) is 5.54. The van der Waals surface area contributed by atoms with Crippen molar-refractivity contribution in [3.8, 4) is 5.75 Å². The predicted octanol–water partition coefficient (Wildman–Crippen LogP) is 4.13. The summed E-state index contributed by atoms with van der Waals surface area (Å²) in [6.07, 6.45) is -0.117. The fourth-order valence-electron chi connectivity index (χ4n) is 3.91. The van der Waals surface area contributed by atoms with Crippen LogP contribution in [0.1, 0.15) is 27.8 Å². The number of esters is 1. The van der Waals surface area contributed by atoms with E-state index in [1.165, 1.54) is 7.11 Å². The highest BCUT2D eigenvalue weighted by molar-refractivity contribution is 6.30. The smallest absolute Gasteiger partial charge is 0.340 e. The van der Waals surface area contributed by atoms with Crippen LogP contribution in [0, 0.1) is 13.8 Å². The van der Waals surface area contributed by atoms with Gasteiger partial charge in [-0.1, -0.05) is 23.7 Å². The second-order valence-corrected chi connectivity index (χ2v) is 7.94. The summed E-state index contributed by atoms with van der Waals surface area (Å²) in [5.41, 5.74) is 3.92. The maximum atomic E-state index is 12.5. The molecule has 0 atom stereocenters. The first-order valence-corrected chi connectivity index (χ1v) is 10.0. The molecule has 0 aliphatic carbocycles. The standard InChI is InChI=1S/C23H22ClNO5/c1-13-18-8-16-11-25(10-15-5-4-6-17(24)7-15)12-29-21(16)14(2)22(18)30-23(27)19(13)9-20(26)28-3/h4-8H,9-12H2,1-3H3. The molecule has 0 amide bonds. The largest absolute Gasteiger partial charge is 0.477 e. The molecule has 7 heteroatoms. The van der Waals surface area contributed by atoms with E-state index in [2.05, 4.69) is 4.90 Å². The first-order chi connectivity index (χ1) is 14.4. The van der Waals surface area contributed by atoms with E-state index in [4.69, 9.17) is 25.5 Å². The Morgan fingerprint density at radius 2 is 2.03 bits per heavy atom. The van der Waals surface area contributed by atoms with Gasteiger partial charge in [-0.15, -0.1) is 0 Å². The summed E-state index contributed by atoms with van der Waals surface area (Å²) in [6, 6.07) is 9.75. The number of hydrogen-bond acceptors (Lipinski definition) is 6. The molecule has 3 aromatic rings. The zero-order chi connectivity index (χ0) is 21.4. The van der Waals surface area contributed by atoms with Crippen molar-refractivity contribution in [1.82, 2.24) is 4.90 Å². The fraction of sp³-hybridized carbons (Fsp3) is 0.304. The van der Waals surface area contributed by atoms with Crippen molar-refractivity contribution >= 4 is 28.5 Å². The highest BCUT2D eigenvalue weighted by Crippen LogP contribution is 2.36. The molecular weight excluding hydrogens is 406 g/mol. The van der Waals surface area contributed by atoms with Crippen LogP contribution in [-0.4, -0.2) is 24.7 Å². The maximum Gasteiger partial charge on any atom is 0.340 e. The molecule has 0 saturated heterocycles. The van der Waals surface area contributed by atoms with Crippen LogP contribution >= 0.6 is 11.6 Å². The summed E-state index contributed by atoms with van der Waals surface area (Å²) in [5.74, 6) is 0.267. The summed E-state index contributed by atoms with van der Waals surface area (Å²) in [4.78, 5) is 26.4. The predicted molar refractivity (Wildman–Crippen MR) is 114 cm³/mol. The Labute approximate surface area is 179 Å². The zero-order valence-electron chi connectivity index (χ0n) is 17.1. The topological polar surface area (TPSA) is 69.0 Å². The second-order valence-electron chi connectivity index (χ2n) is 7.50. The van der Waals surface area contributed by atoms with Crippen molar-refractivity contribution in [3.63, 3.8) is 0 Å². The van der Waals surface area contributed by atoms with Gasteiger partial charge in [0.1, 0.15) is 18.1 Å². The summed E-state index contributed by atoms with van der Waals surface area (Å²) in [6.45, 7) is 5.53. The molecule has 1 aliphatic heterocycles. The number of methoxy groups -OCH3 is 1. The van der Waals surface area contributed by atoms with Crippen molar-refractivity contribution in [2.75, 3.05) is 13.8 Å². The number of aryl methyl sites for hydroxylation is 2. The summed E-state index contributed by atoms with van der Waals surface area (Å²) in [5, 5.41) is 1.51. The van der Waals surface area contributed by atoms with E-state index < -0.39 is 11.6 Å². The van der Waals surface area contributed by atoms with Crippen LogP contribution in [0.5, 0.6) is 5.75 Å². The van der Waals surface area contributed by atoms with Crippen LogP contribution in [0.3, 0.4) is 0 Å². The molecule has 0 N–H and O–H groups in total. The lowest BCUT2D eigenvalue weighted by molar-refractivity contribution is -0.139. The molecule has 2 heterocycles. The molecule has 156 valence electrons. The van der Waals surface area contributed by atoms with Gasteiger partial charge in [0.25, 0.3) is 0 Å². The molecule has 4 rings (SSSR count). The Bertz CT molecular complexity index is 1200. The first kappa shape index (κ1) is 20.4. The van der Waals surface area contributed by atoms with Gasteiger partial charge in [-0.3, -0.25) is 9.69 Å². The Morgan fingerprint density at radius 3 is 2.77 bits per heavy atom. The number of fused-ring (bicyclic) bond motifs is 2. The number of hydrogen-bond donors (Lipinski definition) is 0. The van der Waals surface area contributed by atoms with Crippen LogP contribution in [0.2, 0.25) is 5.02 Å². The fourth-order valence-corrected chi connectivity index (χ4v) is 4.12. The molecule has 1 aliphatic rings. The van der Waals surface area contributed by atoms with Crippen molar-refractivity contribution in [1.29, 1.82) is 0 Å². The van der Waals surface area contributed by atoms with E-state index in [0.29, 0.717) is 36.0 Å². The maximum absolute atomic E-state index is 12.5. The number of halogens is 1. The van der Waals surface area contributed by atoms with E-state index >= 15 is 0 Å². The molecule has 6 nitrogen and oxygen atoms in total. The third-order valence-corrected chi connectivity index (χ3v) is 5.70.